The maximum absolute atomic E-state index is 5.65. The van der Waals surface area contributed by atoms with Gasteiger partial charge in [0.1, 0.15) is 17.3 Å². The Morgan fingerprint density at radius 3 is 2.04 bits per heavy atom. The number of rotatable bonds is 7. The number of methoxy groups -OCH3 is 1. The van der Waals surface area contributed by atoms with Crippen LogP contribution in [-0.4, -0.2) is 23.2 Å². The molecule has 2 aromatic carbocycles. The number of hydrogen-bond acceptors (Lipinski definition) is 6. The number of ether oxygens (including phenoxy) is 2. The molecule has 0 saturated heterocycles. The van der Waals surface area contributed by atoms with Gasteiger partial charge in [0, 0.05) is 17.6 Å². The van der Waals surface area contributed by atoms with Gasteiger partial charge in [0.15, 0.2) is 0 Å². The molecule has 0 aliphatic carbocycles. The molecule has 0 amide bonds. The number of nitrogens with zero attached hydrogens (tertiary/aromatic N) is 2. The highest BCUT2D eigenvalue weighted by molar-refractivity contribution is 5.60. The van der Waals surface area contributed by atoms with Gasteiger partial charge in [-0.15, -0.1) is 0 Å². The molecule has 0 atom stereocenters. The zero-order chi connectivity index (χ0) is 18.4. The highest BCUT2D eigenvalue weighted by atomic mass is 16.5. The van der Waals surface area contributed by atoms with Crippen molar-refractivity contribution in [2.45, 2.75) is 20.0 Å². The van der Waals surface area contributed by atoms with Gasteiger partial charge in [0.2, 0.25) is 5.95 Å². The first-order valence-electron chi connectivity index (χ1n) is 8.40. The summed E-state index contributed by atoms with van der Waals surface area (Å²) in [6, 6.07) is 17.2. The minimum absolute atomic E-state index is 0.155. The summed E-state index contributed by atoms with van der Waals surface area (Å²) in [6.07, 6.45) is 1.86. The molecule has 3 rings (SSSR count). The normalized spacial score (nSPS) is 10.5. The molecule has 0 bridgehead atoms. The molecule has 1 aromatic heterocycles. The van der Waals surface area contributed by atoms with Gasteiger partial charge in [-0.2, -0.15) is 4.98 Å². The fourth-order valence-electron chi connectivity index (χ4n) is 2.33. The topological polar surface area (TPSA) is 68.3 Å². The molecule has 0 spiro atoms. The lowest BCUT2D eigenvalue weighted by Gasteiger charge is -2.11. The van der Waals surface area contributed by atoms with E-state index in [2.05, 4.69) is 20.6 Å². The van der Waals surface area contributed by atoms with Gasteiger partial charge >= 0.3 is 0 Å². The van der Waals surface area contributed by atoms with E-state index in [4.69, 9.17) is 9.47 Å². The first-order valence-corrected chi connectivity index (χ1v) is 8.40. The minimum atomic E-state index is 0.155. The smallest absolute Gasteiger partial charge is 0.229 e. The zero-order valence-electron chi connectivity index (χ0n) is 15.1. The molecule has 0 aliphatic heterocycles. The van der Waals surface area contributed by atoms with E-state index in [1.165, 1.54) is 0 Å². The molecule has 6 nitrogen and oxygen atoms in total. The Balaban J connectivity index is 1.66. The molecule has 6 heteroatoms. The SMILES string of the molecule is COc1ccc(Nc2nccc(Nc3ccc(OC(C)C)cc3)n2)cc1. The third-order valence-electron chi connectivity index (χ3n) is 3.50. The monoisotopic (exact) mass is 350 g/mol. The molecular formula is C20H22N4O2. The summed E-state index contributed by atoms with van der Waals surface area (Å²) in [5.74, 6) is 2.86. The number of nitrogens with one attached hydrogen (secondary N) is 2. The predicted molar refractivity (Wildman–Crippen MR) is 104 cm³/mol. The summed E-state index contributed by atoms with van der Waals surface area (Å²) < 4.78 is 10.8. The van der Waals surface area contributed by atoms with Gasteiger partial charge in [-0.25, -0.2) is 4.98 Å². The average molecular weight is 350 g/mol. The van der Waals surface area contributed by atoms with E-state index in [1.807, 2.05) is 68.4 Å². The summed E-state index contributed by atoms with van der Waals surface area (Å²) in [7, 11) is 1.64. The average Bonchev–Trinajstić information content (AvgIpc) is 2.64. The maximum Gasteiger partial charge on any atom is 0.229 e. The van der Waals surface area contributed by atoms with E-state index in [0.29, 0.717) is 11.8 Å². The lowest BCUT2D eigenvalue weighted by molar-refractivity contribution is 0.242. The van der Waals surface area contributed by atoms with Crippen LogP contribution in [0.1, 0.15) is 13.8 Å². The van der Waals surface area contributed by atoms with E-state index in [-0.39, 0.29) is 6.10 Å². The number of anilines is 4. The van der Waals surface area contributed by atoms with Crippen molar-refractivity contribution >= 4 is 23.1 Å². The maximum atomic E-state index is 5.65. The zero-order valence-corrected chi connectivity index (χ0v) is 15.1. The van der Waals surface area contributed by atoms with Crippen LogP contribution in [0.25, 0.3) is 0 Å². The van der Waals surface area contributed by atoms with Gasteiger partial charge in [0.05, 0.1) is 13.2 Å². The Bertz CT molecular complexity index is 833. The molecule has 0 aliphatic rings. The van der Waals surface area contributed by atoms with Gasteiger partial charge in [-0.05, 0) is 68.4 Å². The van der Waals surface area contributed by atoms with Crippen LogP contribution in [0.4, 0.5) is 23.1 Å². The first kappa shape index (κ1) is 17.5. The Labute approximate surface area is 153 Å². The van der Waals surface area contributed by atoms with Gasteiger partial charge in [-0.1, -0.05) is 0 Å². The summed E-state index contributed by atoms with van der Waals surface area (Å²) in [4.78, 5) is 8.73. The van der Waals surface area contributed by atoms with Crippen LogP contribution in [-0.2, 0) is 0 Å². The molecule has 0 saturated carbocycles. The van der Waals surface area contributed by atoms with Crippen molar-refractivity contribution in [3.63, 3.8) is 0 Å². The largest absolute Gasteiger partial charge is 0.497 e. The molecule has 2 N–H and O–H groups in total. The summed E-state index contributed by atoms with van der Waals surface area (Å²) in [6.45, 7) is 4.01. The molecule has 0 unspecified atom stereocenters. The van der Waals surface area contributed by atoms with E-state index >= 15 is 0 Å². The van der Waals surface area contributed by atoms with Crippen LogP contribution >= 0.6 is 0 Å². The molecule has 3 aromatic rings. The highest BCUT2D eigenvalue weighted by Gasteiger charge is 2.03. The summed E-state index contributed by atoms with van der Waals surface area (Å²) in [5, 5.41) is 6.44. The number of hydrogen-bond donors (Lipinski definition) is 2. The molecule has 0 radical (unpaired) electrons. The quantitative estimate of drug-likeness (QED) is 0.640. The van der Waals surface area contributed by atoms with Gasteiger partial charge < -0.3 is 20.1 Å². The van der Waals surface area contributed by atoms with Crippen LogP contribution < -0.4 is 20.1 Å². The molecule has 1 heterocycles. The van der Waals surface area contributed by atoms with Crippen LogP contribution in [0.2, 0.25) is 0 Å². The second kappa shape index (κ2) is 8.20. The lowest BCUT2D eigenvalue weighted by atomic mass is 10.3. The Hall–Kier alpha value is -3.28. The van der Waals surface area contributed by atoms with Gasteiger partial charge in [0.25, 0.3) is 0 Å². The first-order chi connectivity index (χ1) is 12.6. The number of benzene rings is 2. The van der Waals surface area contributed by atoms with E-state index in [1.54, 1.807) is 13.3 Å². The van der Waals surface area contributed by atoms with E-state index in [0.717, 1.165) is 22.9 Å². The van der Waals surface area contributed by atoms with E-state index < -0.39 is 0 Å². The standard InChI is InChI=1S/C20H22N4O2/c1-14(2)26-18-10-6-15(7-11-18)22-19-12-13-21-20(24-19)23-16-4-8-17(25-3)9-5-16/h4-14H,1-3H3,(H2,21,22,23,24). The predicted octanol–water partition coefficient (Wildman–Crippen LogP) is 4.76. The van der Waals surface area contributed by atoms with Crippen molar-refractivity contribution < 1.29 is 9.47 Å². The third-order valence-corrected chi connectivity index (χ3v) is 3.50. The van der Waals surface area contributed by atoms with Crippen molar-refractivity contribution in [3.05, 3.63) is 60.8 Å². The van der Waals surface area contributed by atoms with Crippen molar-refractivity contribution in [1.29, 1.82) is 0 Å². The second-order valence-electron chi connectivity index (χ2n) is 5.93. The van der Waals surface area contributed by atoms with Crippen molar-refractivity contribution in [1.82, 2.24) is 9.97 Å². The number of aromatic nitrogens is 2. The lowest BCUT2D eigenvalue weighted by Crippen LogP contribution is -2.05. The molecular weight excluding hydrogens is 328 g/mol. The Morgan fingerprint density at radius 1 is 0.808 bits per heavy atom. The fourth-order valence-corrected chi connectivity index (χ4v) is 2.33. The highest BCUT2D eigenvalue weighted by Crippen LogP contribution is 2.21. The Morgan fingerprint density at radius 2 is 1.42 bits per heavy atom. The second-order valence-corrected chi connectivity index (χ2v) is 5.93. The van der Waals surface area contributed by atoms with Crippen molar-refractivity contribution in [3.8, 4) is 11.5 Å². The molecule has 134 valence electrons. The Kier molecular flexibility index (Phi) is 5.53. The van der Waals surface area contributed by atoms with E-state index in [9.17, 15) is 0 Å². The van der Waals surface area contributed by atoms with Gasteiger partial charge in [-0.3, -0.25) is 0 Å². The van der Waals surface area contributed by atoms with Crippen molar-refractivity contribution in [2.75, 3.05) is 17.7 Å². The van der Waals surface area contributed by atoms with Crippen LogP contribution in [0.5, 0.6) is 11.5 Å². The fraction of sp³-hybridized carbons (Fsp3) is 0.200. The van der Waals surface area contributed by atoms with Crippen molar-refractivity contribution in [2.24, 2.45) is 0 Å². The van der Waals surface area contributed by atoms with Crippen LogP contribution in [0.15, 0.2) is 60.8 Å². The minimum Gasteiger partial charge on any atom is -0.497 e. The van der Waals surface area contributed by atoms with Crippen LogP contribution in [0, 0.1) is 0 Å². The molecule has 0 fully saturated rings. The third kappa shape index (κ3) is 4.86. The summed E-state index contributed by atoms with van der Waals surface area (Å²) in [5.41, 5.74) is 1.81. The van der Waals surface area contributed by atoms with Crippen LogP contribution in [0.3, 0.4) is 0 Å². The summed E-state index contributed by atoms with van der Waals surface area (Å²) >= 11 is 0. The molecule has 26 heavy (non-hydrogen) atoms.